The second kappa shape index (κ2) is 6.07. The molecule has 4 heteroatoms. The smallest absolute Gasteiger partial charge is 0.166 e. The monoisotopic (exact) mass is 270 g/mol. The number of nitriles is 1. The van der Waals surface area contributed by atoms with Crippen LogP contribution in [0.15, 0.2) is 42.5 Å². The van der Waals surface area contributed by atoms with Crippen molar-refractivity contribution in [3.8, 4) is 11.8 Å². The van der Waals surface area contributed by atoms with Crippen molar-refractivity contribution in [2.75, 3.05) is 19.0 Å². The Kier molecular flexibility index (Phi) is 4.21. The van der Waals surface area contributed by atoms with Gasteiger partial charge in [0.15, 0.2) is 11.6 Å². The summed E-state index contributed by atoms with van der Waals surface area (Å²) in [4.78, 5) is 2.00. The van der Waals surface area contributed by atoms with Crippen molar-refractivity contribution >= 4 is 5.69 Å². The van der Waals surface area contributed by atoms with E-state index in [9.17, 15) is 4.39 Å². The number of nitrogens with zero attached hydrogens (tertiary/aromatic N) is 2. The van der Waals surface area contributed by atoms with Crippen LogP contribution in [0.5, 0.6) is 5.75 Å². The van der Waals surface area contributed by atoms with Crippen LogP contribution in [0.1, 0.15) is 11.1 Å². The summed E-state index contributed by atoms with van der Waals surface area (Å²) in [5.41, 5.74) is 2.34. The van der Waals surface area contributed by atoms with Crippen LogP contribution in [0.3, 0.4) is 0 Å². The van der Waals surface area contributed by atoms with E-state index in [0.29, 0.717) is 0 Å². The average Bonchev–Trinajstić information content (AvgIpc) is 2.46. The lowest BCUT2D eigenvalue weighted by molar-refractivity contribution is 0.290. The van der Waals surface area contributed by atoms with E-state index in [1.807, 2.05) is 49.3 Å². The van der Waals surface area contributed by atoms with Crippen LogP contribution in [0, 0.1) is 17.1 Å². The van der Waals surface area contributed by atoms with Crippen LogP contribution in [-0.4, -0.2) is 14.1 Å². The molecule has 0 amide bonds. The van der Waals surface area contributed by atoms with Crippen molar-refractivity contribution in [1.82, 2.24) is 0 Å². The van der Waals surface area contributed by atoms with E-state index >= 15 is 0 Å². The Hall–Kier alpha value is -2.54. The summed E-state index contributed by atoms with van der Waals surface area (Å²) in [6, 6.07) is 13.9. The number of anilines is 1. The summed E-state index contributed by atoms with van der Waals surface area (Å²) in [6.45, 7) is 0.288. The summed E-state index contributed by atoms with van der Waals surface area (Å²) in [5, 5.41) is 8.67. The Morgan fingerprint density at radius 1 is 1.15 bits per heavy atom. The van der Waals surface area contributed by atoms with E-state index in [4.69, 9.17) is 10.00 Å². The highest BCUT2D eigenvalue weighted by Gasteiger charge is 2.05. The molecule has 20 heavy (non-hydrogen) atoms. The minimum Gasteiger partial charge on any atom is -0.486 e. The highest BCUT2D eigenvalue weighted by molar-refractivity contribution is 5.46. The molecule has 0 aliphatic rings. The van der Waals surface area contributed by atoms with E-state index in [-0.39, 0.29) is 17.9 Å². The zero-order valence-electron chi connectivity index (χ0n) is 11.4. The van der Waals surface area contributed by atoms with Crippen LogP contribution < -0.4 is 9.64 Å². The number of halogens is 1. The van der Waals surface area contributed by atoms with Crippen molar-refractivity contribution in [1.29, 1.82) is 5.26 Å². The Labute approximate surface area is 117 Å². The van der Waals surface area contributed by atoms with E-state index in [1.165, 1.54) is 18.2 Å². The molecule has 0 aromatic heterocycles. The molecule has 0 aliphatic heterocycles. The first kappa shape index (κ1) is 13.9. The first-order valence-electron chi connectivity index (χ1n) is 6.19. The van der Waals surface area contributed by atoms with E-state index in [0.717, 1.165) is 11.3 Å². The maximum Gasteiger partial charge on any atom is 0.166 e. The number of ether oxygens (including phenoxy) is 1. The fourth-order valence-electron chi connectivity index (χ4n) is 1.74. The van der Waals surface area contributed by atoms with Crippen LogP contribution in [0.25, 0.3) is 0 Å². The number of rotatable bonds is 4. The van der Waals surface area contributed by atoms with Crippen LogP contribution in [0.4, 0.5) is 10.1 Å². The maximum absolute atomic E-state index is 13.6. The number of benzene rings is 2. The highest BCUT2D eigenvalue weighted by Crippen LogP contribution is 2.20. The van der Waals surface area contributed by atoms with Crippen molar-refractivity contribution in [2.24, 2.45) is 0 Å². The van der Waals surface area contributed by atoms with Gasteiger partial charge in [0.1, 0.15) is 6.61 Å². The number of hydrogen-bond acceptors (Lipinski definition) is 3. The zero-order chi connectivity index (χ0) is 14.5. The molecule has 2 rings (SSSR count). The molecule has 0 fully saturated rings. The van der Waals surface area contributed by atoms with Gasteiger partial charge >= 0.3 is 0 Å². The minimum absolute atomic E-state index is 0.153. The lowest BCUT2D eigenvalue weighted by Gasteiger charge is -2.13. The molecule has 0 heterocycles. The molecule has 0 N–H and O–H groups in total. The molecule has 2 aromatic rings. The first-order chi connectivity index (χ1) is 9.60. The third-order valence-electron chi connectivity index (χ3n) is 2.91. The molecule has 0 aliphatic carbocycles. The van der Waals surface area contributed by atoms with Gasteiger partial charge in [-0.25, -0.2) is 4.39 Å². The van der Waals surface area contributed by atoms with Gasteiger partial charge < -0.3 is 9.64 Å². The first-order valence-corrected chi connectivity index (χ1v) is 6.19. The van der Waals surface area contributed by atoms with E-state index in [2.05, 4.69) is 0 Å². The Morgan fingerprint density at radius 2 is 1.85 bits per heavy atom. The van der Waals surface area contributed by atoms with E-state index < -0.39 is 5.82 Å². The summed E-state index contributed by atoms with van der Waals surface area (Å²) < 4.78 is 19.1. The highest BCUT2D eigenvalue weighted by atomic mass is 19.1. The van der Waals surface area contributed by atoms with Crippen LogP contribution in [-0.2, 0) is 6.61 Å². The Balaban J connectivity index is 2.03. The lowest BCUT2D eigenvalue weighted by Crippen LogP contribution is -2.08. The fourth-order valence-corrected chi connectivity index (χ4v) is 1.74. The van der Waals surface area contributed by atoms with Gasteiger partial charge in [-0.15, -0.1) is 0 Å². The molecule has 0 radical (unpaired) electrons. The molecule has 0 saturated carbocycles. The predicted octanol–water partition coefficient (Wildman–Crippen LogP) is 3.34. The predicted molar refractivity (Wildman–Crippen MR) is 76.2 cm³/mol. The van der Waals surface area contributed by atoms with Gasteiger partial charge in [-0.1, -0.05) is 12.1 Å². The van der Waals surface area contributed by atoms with Gasteiger partial charge in [-0.3, -0.25) is 0 Å². The zero-order valence-corrected chi connectivity index (χ0v) is 11.4. The molecule has 0 bridgehead atoms. The Bertz CT molecular complexity index is 630. The molecular weight excluding hydrogens is 255 g/mol. The molecule has 0 spiro atoms. The largest absolute Gasteiger partial charge is 0.486 e. The van der Waals surface area contributed by atoms with Gasteiger partial charge in [0.2, 0.25) is 0 Å². The summed E-state index contributed by atoms with van der Waals surface area (Å²) in [6.07, 6.45) is 0. The van der Waals surface area contributed by atoms with Crippen molar-refractivity contribution in [3.63, 3.8) is 0 Å². The summed E-state index contributed by atoms with van der Waals surface area (Å²) in [5.74, 6) is -0.366. The van der Waals surface area contributed by atoms with Gasteiger partial charge in [0.05, 0.1) is 11.6 Å². The SMILES string of the molecule is CN(C)c1ccc(COc2ccc(C#N)cc2F)cc1. The lowest BCUT2D eigenvalue weighted by atomic mass is 10.2. The van der Waals surface area contributed by atoms with E-state index in [1.54, 1.807) is 0 Å². The standard InChI is InChI=1S/C16H15FN2O/c1-19(2)14-6-3-12(4-7-14)11-20-16-8-5-13(10-18)9-15(16)17/h3-9H,11H2,1-2H3. The number of hydrogen-bond donors (Lipinski definition) is 0. The van der Waals surface area contributed by atoms with Crippen LogP contribution >= 0.6 is 0 Å². The van der Waals surface area contributed by atoms with Crippen LogP contribution in [0.2, 0.25) is 0 Å². The molecule has 3 nitrogen and oxygen atoms in total. The third kappa shape index (κ3) is 3.27. The van der Waals surface area contributed by atoms with Gasteiger partial charge in [-0.2, -0.15) is 5.26 Å². The molecule has 0 atom stereocenters. The third-order valence-corrected chi connectivity index (χ3v) is 2.91. The van der Waals surface area contributed by atoms with Gasteiger partial charge in [0, 0.05) is 19.8 Å². The molecule has 0 saturated heterocycles. The fraction of sp³-hybridized carbons (Fsp3) is 0.188. The van der Waals surface area contributed by atoms with Gasteiger partial charge in [0.25, 0.3) is 0 Å². The molecule has 0 unspecified atom stereocenters. The minimum atomic E-state index is -0.519. The second-order valence-corrected chi connectivity index (χ2v) is 4.61. The normalized spacial score (nSPS) is 9.90. The molecule has 102 valence electrons. The van der Waals surface area contributed by atoms with Crippen molar-refractivity contribution < 1.29 is 9.13 Å². The van der Waals surface area contributed by atoms with Crippen molar-refractivity contribution in [2.45, 2.75) is 6.61 Å². The second-order valence-electron chi connectivity index (χ2n) is 4.61. The molecular formula is C16H15FN2O. The quantitative estimate of drug-likeness (QED) is 0.855. The maximum atomic E-state index is 13.6. The van der Waals surface area contributed by atoms with Gasteiger partial charge in [-0.05, 0) is 35.9 Å². The average molecular weight is 270 g/mol. The summed E-state index contributed by atoms with van der Waals surface area (Å²) >= 11 is 0. The topological polar surface area (TPSA) is 36.3 Å². The van der Waals surface area contributed by atoms with Crippen molar-refractivity contribution in [3.05, 3.63) is 59.4 Å². The Morgan fingerprint density at radius 3 is 2.40 bits per heavy atom. The summed E-state index contributed by atoms with van der Waals surface area (Å²) in [7, 11) is 3.94. The molecule has 2 aromatic carbocycles.